The largest absolute Gasteiger partial charge is 0.465 e. The molecule has 0 aromatic heterocycles. The zero-order valence-corrected chi connectivity index (χ0v) is 8.20. The van der Waals surface area contributed by atoms with Crippen molar-refractivity contribution >= 4 is 17.8 Å². The fourth-order valence-corrected chi connectivity index (χ4v) is 0.780. The first-order valence-corrected chi connectivity index (χ1v) is 4.20. The Morgan fingerprint density at radius 1 is 1.43 bits per heavy atom. The Bertz CT molecular complexity index is 239. The van der Waals surface area contributed by atoms with Crippen molar-refractivity contribution in [2.24, 2.45) is 5.73 Å². The van der Waals surface area contributed by atoms with Gasteiger partial charge in [-0.15, -0.1) is 0 Å². The molecule has 0 bridgehead atoms. The van der Waals surface area contributed by atoms with Crippen LogP contribution in [0.3, 0.4) is 0 Å². The quantitative estimate of drug-likeness (QED) is 0.565. The van der Waals surface area contributed by atoms with Gasteiger partial charge in [-0.1, -0.05) is 0 Å². The van der Waals surface area contributed by atoms with E-state index < -0.39 is 23.8 Å². The predicted octanol–water partition coefficient (Wildman–Crippen LogP) is -1.07. The molecule has 0 aromatic rings. The van der Waals surface area contributed by atoms with Gasteiger partial charge in [-0.05, 0) is 6.92 Å². The molecular formula is C8H14N2O4. The molecule has 0 saturated heterocycles. The summed E-state index contributed by atoms with van der Waals surface area (Å²) in [6.45, 7) is 3.05. The minimum absolute atomic E-state index is 0.209. The fraction of sp³-hybridized carbons (Fsp3) is 0.625. The van der Waals surface area contributed by atoms with Crippen molar-refractivity contribution in [1.29, 1.82) is 0 Å². The van der Waals surface area contributed by atoms with Crippen LogP contribution in [0.1, 0.15) is 20.3 Å². The average Bonchev–Trinajstić information content (AvgIpc) is 2.02. The maximum absolute atomic E-state index is 11.0. The summed E-state index contributed by atoms with van der Waals surface area (Å²) in [6.07, 6.45) is -0.252. The van der Waals surface area contributed by atoms with Crippen LogP contribution in [0.25, 0.3) is 0 Å². The summed E-state index contributed by atoms with van der Waals surface area (Å²) in [4.78, 5) is 32.3. The van der Waals surface area contributed by atoms with Gasteiger partial charge in [0.15, 0.2) is 0 Å². The summed E-state index contributed by atoms with van der Waals surface area (Å²) in [6, 6.07) is -1.02. The van der Waals surface area contributed by atoms with E-state index >= 15 is 0 Å². The molecular weight excluding hydrogens is 188 g/mol. The van der Waals surface area contributed by atoms with Crippen molar-refractivity contribution in [2.45, 2.75) is 26.3 Å². The third kappa shape index (κ3) is 5.26. The lowest BCUT2D eigenvalue weighted by molar-refractivity contribution is -0.146. The van der Waals surface area contributed by atoms with Gasteiger partial charge >= 0.3 is 5.97 Å². The van der Waals surface area contributed by atoms with E-state index in [2.05, 4.69) is 4.74 Å². The molecule has 80 valence electrons. The van der Waals surface area contributed by atoms with E-state index in [1.54, 1.807) is 6.92 Å². The van der Waals surface area contributed by atoms with Crippen LogP contribution in [-0.4, -0.2) is 30.4 Å². The smallest absolute Gasteiger partial charge is 0.323 e. The number of hydrogen-bond acceptors (Lipinski definition) is 5. The van der Waals surface area contributed by atoms with E-state index in [0.717, 1.165) is 0 Å². The minimum atomic E-state index is -1.02. The monoisotopic (exact) mass is 202 g/mol. The van der Waals surface area contributed by atoms with Gasteiger partial charge in [0.25, 0.3) is 0 Å². The van der Waals surface area contributed by atoms with Crippen LogP contribution in [-0.2, 0) is 19.1 Å². The van der Waals surface area contributed by atoms with Crippen LogP contribution in [0, 0.1) is 0 Å². The molecule has 0 aliphatic heterocycles. The van der Waals surface area contributed by atoms with Gasteiger partial charge in [0.05, 0.1) is 13.0 Å². The number of amides is 2. The molecule has 0 rings (SSSR count). The number of rotatable bonds is 4. The van der Waals surface area contributed by atoms with E-state index in [1.807, 2.05) is 5.32 Å². The molecule has 3 N–H and O–H groups in total. The number of carbonyl (C=O) groups is 3. The molecule has 0 fully saturated rings. The third-order valence-electron chi connectivity index (χ3n) is 1.31. The maximum Gasteiger partial charge on any atom is 0.323 e. The molecule has 2 amide bonds. The third-order valence-corrected chi connectivity index (χ3v) is 1.31. The Balaban J connectivity index is 3.92. The van der Waals surface area contributed by atoms with Crippen LogP contribution in [0.4, 0.5) is 0 Å². The minimum Gasteiger partial charge on any atom is -0.465 e. The Kier molecular flexibility index (Phi) is 5.47. The molecule has 0 aromatic carbocycles. The summed E-state index contributed by atoms with van der Waals surface area (Å²) >= 11 is 0. The van der Waals surface area contributed by atoms with Gasteiger partial charge in [-0.2, -0.15) is 0 Å². The fourth-order valence-electron chi connectivity index (χ4n) is 0.780. The SMILES string of the molecule is CCOC(=O)C(N)CC(=O)NC(C)=O. The lowest BCUT2D eigenvalue weighted by atomic mass is 10.2. The molecule has 1 unspecified atom stereocenters. The highest BCUT2D eigenvalue weighted by Gasteiger charge is 2.18. The van der Waals surface area contributed by atoms with Crippen LogP contribution in [0.5, 0.6) is 0 Å². The molecule has 14 heavy (non-hydrogen) atoms. The number of hydrogen-bond donors (Lipinski definition) is 2. The normalized spacial score (nSPS) is 11.6. The van der Waals surface area contributed by atoms with Crippen LogP contribution in [0.2, 0.25) is 0 Å². The number of carbonyl (C=O) groups excluding carboxylic acids is 3. The molecule has 6 heteroatoms. The molecule has 0 aliphatic carbocycles. The zero-order chi connectivity index (χ0) is 11.1. The van der Waals surface area contributed by atoms with Gasteiger partial charge in [-0.25, -0.2) is 0 Å². The van der Waals surface area contributed by atoms with Crippen molar-refractivity contribution in [3.05, 3.63) is 0 Å². The first-order chi connectivity index (χ1) is 6.47. The second-order valence-electron chi connectivity index (χ2n) is 2.67. The van der Waals surface area contributed by atoms with Gasteiger partial charge in [0, 0.05) is 6.92 Å². The van der Waals surface area contributed by atoms with Crippen molar-refractivity contribution in [2.75, 3.05) is 6.61 Å². The Morgan fingerprint density at radius 2 is 2.00 bits per heavy atom. The Hall–Kier alpha value is -1.43. The summed E-state index contributed by atoms with van der Waals surface area (Å²) in [7, 11) is 0. The maximum atomic E-state index is 11.0. The summed E-state index contributed by atoms with van der Waals surface area (Å²) < 4.78 is 4.58. The number of ether oxygens (including phenoxy) is 1. The lowest BCUT2D eigenvalue weighted by Gasteiger charge is -2.09. The topological polar surface area (TPSA) is 98.5 Å². The van der Waals surface area contributed by atoms with E-state index in [4.69, 9.17) is 5.73 Å². The molecule has 0 spiro atoms. The first kappa shape index (κ1) is 12.6. The van der Waals surface area contributed by atoms with Crippen molar-refractivity contribution in [1.82, 2.24) is 5.32 Å². The van der Waals surface area contributed by atoms with Crippen LogP contribution >= 0.6 is 0 Å². The van der Waals surface area contributed by atoms with Crippen molar-refractivity contribution in [3.63, 3.8) is 0 Å². The molecule has 1 atom stereocenters. The molecule has 0 aliphatic rings. The molecule has 0 saturated carbocycles. The Morgan fingerprint density at radius 3 is 2.43 bits per heavy atom. The number of nitrogens with one attached hydrogen (secondary N) is 1. The van der Waals surface area contributed by atoms with Gasteiger partial charge in [0.1, 0.15) is 6.04 Å². The standard InChI is InChI=1S/C8H14N2O4/c1-3-14-8(13)6(9)4-7(12)10-5(2)11/h6H,3-4,9H2,1-2H3,(H,10,11,12). The van der Waals surface area contributed by atoms with E-state index in [0.29, 0.717) is 0 Å². The first-order valence-electron chi connectivity index (χ1n) is 4.20. The second kappa shape index (κ2) is 6.09. The predicted molar refractivity (Wildman–Crippen MR) is 48.0 cm³/mol. The number of esters is 1. The van der Waals surface area contributed by atoms with Crippen molar-refractivity contribution < 1.29 is 19.1 Å². The Labute approximate surface area is 81.8 Å². The lowest BCUT2D eigenvalue weighted by Crippen LogP contribution is -2.39. The van der Waals surface area contributed by atoms with E-state index in [9.17, 15) is 14.4 Å². The van der Waals surface area contributed by atoms with Gasteiger partial charge < -0.3 is 10.5 Å². The molecule has 0 radical (unpaired) electrons. The molecule has 0 heterocycles. The highest BCUT2D eigenvalue weighted by Crippen LogP contribution is 1.92. The second-order valence-corrected chi connectivity index (χ2v) is 2.67. The number of nitrogens with two attached hydrogens (primary N) is 1. The van der Waals surface area contributed by atoms with Crippen LogP contribution in [0.15, 0.2) is 0 Å². The summed E-state index contributed by atoms with van der Waals surface area (Å²) in [5.41, 5.74) is 5.33. The molecule has 6 nitrogen and oxygen atoms in total. The van der Waals surface area contributed by atoms with Crippen LogP contribution < -0.4 is 11.1 Å². The van der Waals surface area contributed by atoms with Gasteiger partial charge in [-0.3, -0.25) is 19.7 Å². The van der Waals surface area contributed by atoms with E-state index in [1.165, 1.54) is 6.92 Å². The highest BCUT2D eigenvalue weighted by atomic mass is 16.5. The average molecular weight is 202 g/mol. The number of imide groups is 1. The van der Waals surface area contributed by atoms with Gasteiger partial charge in [0.2, 0.25) is 11.8 Å². The zero-order valence-electron chi connectivity index (χ0n) is 8.20. The highest BCUT2D eigenvalue weighted by molar-refractivity contribution is 5.96. The van der Waals surface area contributed by atoms with Crippen molar-refractivity contribution in [3.8, 4) is 0 Å². The summed E-state index contributed by atoms with van der Waals surface area (Å²) in [5.74, 6) is -1.71. The summed E-state index contributed by atoms with van der Waals surface area (Å²) in [5, 5.41) is 2.01. The van der Waals surface area contributed by atoms with E-state index in [-0.39, 0.29) is 13.0 Å².